The largest absolute Gasteiger partial charge is 0.391 e. The lowest BCUT2D eigenvalue weighted by Gasteiger charge is -2.14. The number of aliphatic hydroxyl groups excluding tert-OH is 1. The standard InChI is InChI=1S/C13H16N4O3S/c1-7-2-9(20-16-7)3-8-5-17(6-10(8)18)12(19)11-4-15-13(14)21-11/h2,4,8,10,18H,3,5-6H2,1H3,(H2,14,15)/t8-,10-/m1/s1. The first kappa shape index (κ1) is 14.0. The summed E-state index contributed by atoms with van der Waals surface area (Å²) in [6.07, 6.45) is 1.47. The predicted octanol–water partition coefficient (Wildman–Crippen LogP) is 0.697. The van der Waals surface area contributed by atoms with Gasteiger partial charge >= 0.3 is 0 Å². The van der Waals surface area contributed by atoms with Crippen LogP contribution in [-0.2, 0) is 6.42 Å². The first-order valence-corrected chi connectivity index (χ1v) is 7.45. The fraction of sp³-hybridized carbons (Fsp3) is 0.462. The van der Waals surface area contributed by atoms with E-state index < -0.39 is 6.10 Å². The summed E-state index contributed by atoms with van der Waals surface area (Å²) in [5.74, 6) is 0.541. The molecule has 2 aromatic heterocycles. The van der Waals surface area contributed by atoms with Crippen molar-refractivity contribution in [3.8, 4) is 0 Å². The maximum Gasteiger partial charge on any atom is 0.265 e. The van der Waals surface area contributed by atoms with E-state index in [2.05, 4.69) is 10.1 Å². The van der Waals surface area contributed by atoms with E-state index >= 15 is 0 Å². The Morgan fingerprint density at radius 3 is 3.05 bits per heavy atom. The summed E-state index contributed by atoms with van der Waals surface area (Å²) >= 11 is 1.16. The van der Waals surface area contributed by atoms with Crippen molar-refractivity contribution in [2.45, 2.75) is 19.4 Å². The Kier molecular flexibility index (Phi) is 3.64. The van der Waals surface area contributed by atoms with E-state index in [4.69, 9.17) is 10.3 Å². The van der Waals surface area contributed by atoms with Gasteiger partial charge in [-0.25, -0.2) is 4.98 Å². The number of amides is 1. The SMILES string of the molecule is Cc1cc(C[C@@H]2CN(C(=O)c3cnc(N)s3)C[C@H]2O)on1. The molecule has 1 fully saturated rings. The topological polar surface area (TPSA) is 105 Å². The van der Waals surface area contributed by atoms with Crippen LogP contribution in [0.4, 0.5) is 5.13 Å². The molecule has 0 spiro atoms. The summed E-state index contributed by atoms with van der Waals surface area (Å²) < 4.78 is 5.17. The van der Waals surface area contributed by atoms with Crippen molar-refractivity contribution in [2.24, 2.45) is 5.92 Å². The first-order valence-electron chi connectivity index (χ1n) is 6.64. The molecule has 0 saturated carbocycles. The molecule has 1 aliphatic heterocycles. The first-order chi connectivity index (χ1) is 10.0. The number of anilines is 1. The molecule has 2 aromatic rings. The molecular weight excluding hydrogens is 292 g/mol. The van der Waals surface area contributed by atoms with Crippen molar-refractivity contribution in [2.75, 3.05) is 18.8 Å². The number of rotatable bonds is 3. The molecule has 0 bridgehead atoms. The Hall–Kier alpha value is -1.93. The van der Waals surface area contributed by atoms with Crippen molar-refractivity contribution in [1.29, 1.82) is 0 Å². The number of nitrogen functional groups attached to an aromatic ring is 1. The fourth-order valence-electron chi connectivity index (χ4n) is 2.53. The number of aryl methyl sites for hydroxylation is 1. The summed E-state index contributed by atoms with van der Waals surface area (Å²) in [6, 6.07) is 1.85. The van der Waals surface area contributed by atoms with Gasteiger partial charge in [-0.05, 0) is 6.92 Å². The molecule has 3 N–H and O–H groups in total. The van der Waals surface area contributed by atoms with E-state index in [1.165, 1.54) is 6.20 Å². The van der Waals surface area contributed by atoms with Gasteiger partial charge in [0.25, 0.3) is 5.91 Å². The Balaban J connectivity index is 1.66. The second-order valence-electron chi connectivity index (χ2n) is 5.24. The van der Waals surface area contributed by atoms with Crippen molar-refractivity contribution >= 4 is 22.4 Å². The number of β-amino-alcohol motifs (C(OH)–C–C–N with tert-alkyl or cyclic N) is 1. The third-order valence-corrected chi connectivity index (χ3v) is 4.38. The summed E-state index contributed by atoms with van der Waals surface area (Å²) in [4.78, 5) is 18.3. The van der Waals surface area contributed by atoms with Crippen LogP contribution in [0.25, 0.3) is 0 Å². The zero-order valence-electron chi connectivity index (χ0n) is 11.5. The van der Waals surface area contributed by atoms with Crippen LogP contribution in [0.1, 0.15) is 21.1 Å². The third-order valence-electron chi connectivity index (χ3n) is 3.57. The molecule has 0 aromatic carbocycles. The number of hydrogen-bond donors (Lipinski definition) is 2. The minimum absolute atomic E-state index is 0.0495. The average Bonchev–Trinajstić information content (AvgIpc) is 3.12. The van der Waals surface area contributed by atoms with E-state index in [1.807, 2.05) is 13.0 Å². The maximum absolute atomic E-state index is 12.3. The van der Waals surface area contributed by atoms with Crippen LogP contribution in [0.3, 0.4) is 0 Å². The van der Waals surface area contributed by atoms with Crippen molar-refractivity contribution < 1.29 is 14.4 Å². The van der Waals surface area contributed by atoms with Crippen LogP contribution in [-0.4, -0.2) is 45.2 Å². The number of thiazole rings is 1. The summed E-state index contributed by atoms with van der Waals surface area (Å²) in [5.41, 5.74) is 6.35. The van der Waals surface area contributed by atoms with Gasteiger partial charge in [0.15, 0.2) is 5.13 Å². The Bertz CT molecular complexity index is 653. The van der Waals surface area contributed by atoms with E-state index in [1.54, 1.807) is 4.90 Å². The molecule has 0 radical (unpaired) electrons. The summed E-state index contributed by atoms with van der Waals surface area (Å²) in [6.45, 7) is 2.65. The monoisotopic (exact) mass is 308 g/mol. The minimum Gasteiger partial charge on any atom is -0.391 e. The number of nitrogens with two attached hydrogens (primary N) is 1. The number of hydrogen-bond acceptors (Lipinski definition) is 7. The highest BCUT2D eigenvalue weighted by Crippen LogP contribution is 2.25. The molecule has 112 valence electrons. The zero-order valence-corrected chi connectivity index (χ0v) is 12.3. The smallest absolute Gasteiger partial charge is 0.265 e. The highest BCUT2D eigenvalue weighted by Gasteiger charge is 2.35. The van der Waals surface area contributed by atoms with E-state index in [0.29, 0.717) is 29.5 Å². The maximum atomic E-state index is 12.3. The van der Waals surface area contributed by atoms with Crippen LogP contribution in [0.2, 0.25) is 0 Å². The van der Waals surface area contributed by atoms with Gasteiger partial charge in [0.05, 0.1) is 18.0 Å². The highest BCUT2D eigenvalue weighted by atomic mass is 32.1. The third kappa shape index (κ3) is 2.91. The number of nitrogens with zero attached hydrogens (tertiary/aromatic N) is 3. The molecule has 1 aliphatic rings. The van der Waals surface area contributed by atoms with Gasteiger partial charge in [-0.1, -0.05) is 16.5 Å². The van der Waals surface area contributed by atoms with Crippen LogP contribution >= 0.6 is 11.3 Å². The molecular formula is C13H16N4O3S. The molecule has 1 saturated heterocycles. The number of aromatic nitrogens is 2. The molecule has 3 rings (SSSR count). The fourth-order valence-corrected chi connectivity index (χ4v) is 3.19. The summed E-state index contributed by atoms with van der Waals surface area (Å²) in [5, 5.41) is 14.3. The molecule has 0 unspecified atom stereocenters. The van der Waals surface area contributed by atoms with Gasteiger partial charge < -0.3 is 20.3 Å². The van der Waals surface area contributed by atoms with Crippen molar-refractivity contribution in [1.82, 2.24) is 15.0 Å². The van der Waals surface area contributed by atoms with Crippen LogP contribution < -0.4 is 5.73 Å². The number of carbonyl (C=O) groups excluding carboxylic acids is 1. The summed E-state index contributed by atoms with van der Waals surface area (Å²) in [7, 11) is 0. The van der Waals surface area contributed by atoms with E-state index in [-0.39, 0.29) is 11.8 Å². The van der Waals surface area contributed by atoms with Gasteiger partial charge in [0, 0.05) is 31.5 Å². The second kappa shape index (κ2) is 5.45. The van der Waals surface area contributed by atoms with Crippen LogP contribution in [0.15, 0.2) is 16.8 Å². The molecule has 2 atom stereocenters. The minimum atomic E-state index is -0.565. The van der Waals surface area contributed by atoms with Crippen molar-refractivity contribution in [3.63, 3.8) is 0 Å². The normalized spacial score (nSPS) is 21.9. The number of likely N-dealkylation sites (tertiary alicyclic amines) is 1. The zero-order chi connectivity index (χ0) is 15.0. The highest BCUT2D eigenvalue weighted by molar-refractivity contribution is 7.17. The lowest BCUT2D eigenvalue weighted by atomic mass is 10.0. The van der Waals surface area contributed by atoms with Crippen LogP contribution in [0, 0.1) is 12.8 Å². The molecule has 1 amide bonds. The van der Waals surface area contributed by atoms with Gasteiger partial charge in [-0.3, -0.25) is 4.79 Å². The Labute approximate surface area is 125 Å². The van der Waals surface area contributed by atoms with Gasteiger partial charge in [-0.2, -0.15) is 0 Å². The Morgan fingerprint density at radius 2 is 2.43 bits per heavy atom. The number of aliphatic hydroxyl groups is 1. The lowest BCUT2D eigenvalue weighted by Crippen LogP contribution is -2.28. The van der Waals surface area contributed by atoms with Gasteiger partial charge in [0.2, 0.25) is 0 Å². The molecule has 21 heavy (non-hydrogen) atoms. The second-order valence-corrected chi connectivity index (χ2v) is 6.30. The number of carbonyl (C=O) groups is 1. The molecule has 3 heterocycles. The predicted molar refractivity (Wildman–Crippen MR) is 76.9 cm³/mol. The molecule has 8 heteroatoms. The van der Waals surface area contributed by atoms with Gasteiger partial charge in [0.1, 0.15) is 10.6 Å². The van der Waals surface area contributed by atoms with Gasteiger partial charge in [-0.15, -0.1) is 0 Å². The van der Waals surface area contributed by atoms with E-state index in [0.717, 1.165) is 22.8 Å². The van der Waals surface area contributed by atoms with Crippen LogP contribution in [0.5, 0.6) is 0 Å². The average molecular weight is 308 g/mol. The Morgan fingerprint density at radius 1 is 1.62 bits per heavy atom. The quantitative estimate of drug-likeness (QED) is 0.864. The molecule has 7 nitrogen and oxygen atoms in total. The lowest BCUT2D eigenvalue weighted by molar-refractivity contribution is 0.0769. The van der Waals surface area contributed by atoms with E-state index in [9.17, 15) is 9.90 Å². The molecule has 0 aliphatic carbocycles. The van der Waals surface area contributed by atoms with Crippen molar-refractivity contribution in [3.05, 3.63) is 28.6 Å².